The average Bonchev–Trinajstić information content (AvgIpc) is 2.63. The highest BCUT2D eigenvalue weighted by molar-refractivity contribution is 5.61. The van der Waals surface area contributed by atoms with Crippen molar-refractivity contribution in [2.45, 2.75) is 13.5 Å². The summed E-state index contributed by atoms with van der Waals surface area (Å²) in [5, 5.41) is 3.31. The molecule has 5 heteroatoms. The standard InChI is InChI=1S/C18H19N5/c1-2-23(16-8-4-3-5-9-16)18-11-17(21-14-22-18)20-13-15-7-6-10-19-12-15/h3-12,14H,2,13H2,1H3,(H,20,21,22). The fourth-order valence-electron chi connectivity index (χ4n) is 2.37. The summed E-state index contributed by atoms with van der Waals surface area (Å²) in [4.78, 5) is 15.0. The van der Waals surface area contributed by atoms with Gasteiger partial charge in [-0.2, -0.15) is 0 Å². The minimum atomic E-state index is 0.682. The van der Waals surface area contributed by atoms with Crippen LogP contribution in [0, 0.1) is 0 Å². The highest BCUT2D eigenvalue weighted by Crippen LogP contribution is 2.24. The summed E-state index contributed by atoms with van der Waals surface area (Å²) in [6, 6.07) is 16.1. The van der Waals surface area contributed by atoms with Crippen molar-refractivity contribution in [1.82, 2.24) is 15.0 Å². The van der Waals surface area contributed by atoms with Crippen LogP contribution >= 0.6 is 0 Å². The Balaban J connectivity index is 1.76. The zero-order chi connectivity index (χ0) is 15.9. The van der Waals surface area contributed by atoms with Crippen LogP contribution < -0.4 is 10.2 Å². The molecule has 0 unspecified atom stereocenters. The second-order valence-corrected chi connectivity index (χ2v) is 5.06. The maximum Gasteiger partial charge on any atom is 0.138 e. The molecular weight excluding hydrogens is 286 g/mol. The summed E-state index contributed by atoms with van der Waals surface area (Å²) in [5.41, 5.74) is 2.23. The molecule has 1 aromatic carbocycles. The van der Waals surface area contributed by atoms with Crippen molar-refractivity contribution in [2.75, 3.05) is 16.8 Å². The molecule has 3 aromatic rings. The van der Waals surface area contributed by atoms with Crippen LogP contribution in [-0.2, 0) is 6.54 Å². The van der Waals surface area contributed by atoms with E-state index in [-0.39, 0.29) is 0 Å². The van der Waals surface area contributed by atoms with Crippen LogP contribution in [0.1, 0.15) is 12.5 Å². The van der Waals surface area contributed by atoms with Gasteiger partial charge in [0.2, 0.25) is 0 Å². The summed E-state index contributed by atoms with van der Waals surface area (Å²) in [5.74, 6) is 1.68. The van der Waals surface area contributed by atoms with Gasteiger partial charge >= 0.3 is 0 Å². The Morgan fingerprint density at radius 3 is 2.65 bits per heavy atom. The third-order valence-corrected chi connectivity index (χ3v) is 3.51. The van der Waals surface area contributed by atoms with Crippen molar-refractivity contribution in [3.05, 3.63) is 72.8 Å². The smallest absolute Gasteiger partial charge is 0.138 e. The summed E-state index contributed by atoms with van der Waals surface area (Å²) < 4.78 is 0. The normalized spacial score (nSPS) is 10.3. The number of para-hydroxylation sites is 1. The van der Waals surface area contributed by atoms with Gasteiger partial charge in [-0.15, -0.1) is 0 Å². The van der Waals surface area contributed by atoms with Crippen LogP contribution in [0.2, 0.25) is 0 Å². The van der Waals surface area contributed by atoms with Crippen molar-refractivity contribution in [3.63, 3.8) is 0 Å². The van der Waals surface area contributed by atoms with E-state index in [0.29, 0.717) is 6.54 Å². The largest absolute Gasteiger partial charge is 0.366 e. The molecule has 0 radical (unpaired) electrons. The molecule has 3 rings (SSSR count). The zero-order valence-electron chi connectivity index (χ0n) is 13.1. The van der Waals surface area contributed by atoms with E-state index >= 15 is 0 Å². The lowest BCUT2D eigenvalue weighted by Gasteiger charge is -2.22. The van der Waals surface area contributed by atoms with Gasteiger partial charge in [0.1, 0.15) is 18.0 Å². The molecule has 0 amide bonds. The molecule has 23 heavy (non-hydrogen) atoms. The topological polar surface area (TPSA) is 53.9 Å². The number of hydrogen-bond donors (Lipinski definition) is 1. The van der Waals surface area contributed by atoms with Gasteiger partial charge in [0.25, 0.3) is 0 Å². The van der Waals surface area contributed by atoms with E-state index in [0.717, 1.165) is 29.4 Å². The average molecular weight is 305 g/mol. The first kappa shape index (κ1) is 15.0. The fraction of sp³-hybridized carbons (Fsp3) is 0.167. The molecule has 0 bridgehead atoms. The number of anilines is 3. The van der Waals surface area contributed by atoms with E-state index in [1.54, 1.807) is 12.5 Å². The lowest BCUT2D eigenvalue weighted by atomic mass is 10.2. The van der Waals surface area contributed by atoms with Gasteiger partial charge < -0.3 is 10.2 Å². The molecule has 2 aromatic heterocycles. The zero-order valence-corrected chi connectivity index (χ0v) is 13.1. The first-order chi connectivity index (χ1) is 11.4. The maximum absolute atomic E-state index is 4.40. The van der Waals surface area contributed by atoms with Crippen molar-refractivity contribution in [1.29, 1.82) is 0 Å². The third-order valence-electron chi connectivity index (χ3n) is 3.51. The molecule has 0 atom stereocenters. The Hall–Kier alpha value is -2.95. The van der Waals surface area contributed by atoms with Gasteiger partial charge in [-0.1, -0.05) is 24.3 Å². The quantitative estimate of drug-likeness (QED) is 0.753. The number of benzene rings is 1. The van der Waals surface area contributed by atoms with E-state index < -0.39 is 0 Å². The molecule has 0 saturated carbocycles. The van der Waals surface area contributed by atoms with E-state index in [2.05, 4.69) is 44.2 Å². The molecule has 116 valence electrons. The number of rotatable bonds is 6. The first-order valence-electron chi connectivity index (χ1n) is 7.64. The van der Waals surface area contributed by atoms with Crippen LogP contribution in [0.25, 0.3) is 0 Å². The molecular formula is C18H19N5. The summed E-state index contributed by atoms with van der Waals surface area (Å²) in [7, 11) is 0. The van der Waals surface area contributed by atoms with E-state index in [1.807, 2.05) is 42.6 Å². The Kier molecular flexibility index (Phi) is 4.79. The SMILES string of the molecule is CCN(c1ccccc1)c1cc(NCc2cccnc2)ncn1. The van der Waals surface area contributed by atoms with Crippen LogP contribution in [0.4, 0.5) is 17.3 Å². The molecule has 0 saturated heterocycles. The Labute approximate surface area is 136 Å². The number of nitrogens with zero attached hydrogens (tertiary/aromatic N) is 4. The Morgan fingerprint density at radius 1 is 1.04 bits per heavy atom. The number of hydrogen-bond acceptors (Lipinski definition) is 5. The van der Waals surface area contributed by atoms with Gasteiger partial charge in [-0.3, -0.25) is 4.98 Å². The molecule has 0 aliphatic carbocycles. The lowest BCUT2D eigenvalue weighted by Crippen LogP contribution is -2.17. The van der Waals surface area contributed by atoms with E-state index in [9.17, 15) is 0 Å². The van der Waals surface area contributed by atoms with Crippen LogP contribution in [-0.4, -0.2) is 21.5 Å². The first-order valence-corrected chi connectivity index (χ1v) is 7.64. The molecule has 1 N–H and O–H groups in total. The second-order valence-electron chi connectivity index (χ2n) is 5.06. The van der Waals surface area contributed by atoms with Crippen molar-refractivity contribution < 1.29 is 0 Å². The maximum atomic E-state index is 4.40. The summed E-state index contributed by atoms with van der Waals surface area (Å²) in [6.07, 6.45) is 5.20. The Bertz CT molecular complexity index is 731. The van der Waals surface area contributed by atoms with Crippen molar-refractivity contribution in [3.8, 4) is 0 Å². The molecule has 0 aliphatic heterocycles. The molecule has 2 heterocycles. The highest BCUT2D eigenvalue weighted by Gasteiger charge is 2.09. The van der Waals surface area contributed by atoms with Crippen molar-refractivity contribution in [2.24, 2.45) is 0 Å². The number of aromatic nitrogens is 3. The van der Waals surface area contributed by atoms with Gasteiger partial charge in [-0.05, 0) is 30.7 Å². The van der Waals surface area contributed by atoms with Gasteiger partial charge in [0.15, 0.2) is 0 Å². The molecule has 0 fully saturated rings. The molecule has 5 nitrogen and oxygen atoms in total. The molecule has 0 aliphatic rings. The van der Waals surface area contributed by atoms with Gasteiger partial charge in [0, 0.05) is 37.2 Å². The van der Waals surface area contributed by atoms with E-state index in [4.69, 9.17) is 0 Å². The van der Waals surface area contributed by atoms with Crippen LogP contribution in [0.5, 0.6) is 0 Å². The molecule has 0 spiro atoms. The predicted octanol–water partition coefficient (Wildman–Crippen LogP) is 3.64. The predicted molar refractivity (Wildman–Crippen MR) is 92.7 cm³/mol. The van der Waals surface area contributed by atoms with Crippen molar-refractivity contribution >= 4 is 17.3 Å². The lowest BCUT2D eigenvalue weighted by molar-refractivity contribution is 0.971. The second kappa shape index (κ2) is 7.35. The third kappa shape index (κ3) is 3.83. The Morgan fingerprint density at radius 2 is 1.91 bits per heavy atom. The minimum Gasteiger partial charge on any atom is -0.366 e. The number of nitrogens with one attached hydrogen (secondary N) is 1. The summed E-state index contributed by atoms with van der Waals surface area (Å²) >= 11 is 0. The summed E-state index contributed by atoms with van der Waals surface area (Å²) in [6.45, 7) is 3.63. The number of pyridine rings is 1. The fourth-order valence-corrected chi connectivity index (χ4v) is 2.37. The van der Waals surface area contributed by atoms with E-state index in [1.165, 1.54) is 0 Å². The highest BCUT2D eigenvalue weighted by atomic mass is 15.2. The van der Waals surface area contributed by atoms with Crippen LogP contribution in [0.15, 0.2) is 67.3 Å². The monoisotopic (exact) mass is 305 g/mol. The van der Waals surface area contributed by atoms with Crippen LogP contribution in [0.3, 0.4) is 0 Å². The van der Waals surface area contributed by atoms with Gasteiger partial charge in [0.05, 0.1) is 0 Å². The van der Waals surface area contributed by atoms with Gasteiger partial charge in [-0.25, -0.2) is 9.97 Å². The minimum absolute atomic E-state index is 0.682.